The molecule has 0 aliphatic rings. The van der Waals surface area contributed by atoms with Gasteiger partial charge in [0.2, 0.25) is 0 Å². The van der Waals surface area contributed by atoms with Gasteiger partial charge in [-0.3, -0.25) is 4.98 Å². The number of nitrogens with two attached hydrogens (primary N) is 1. The zero-order valence-electron chi connectivity index (χ0n) is 7.70. The molecule has 1 atom stereocenters. The summed E-state index contributed by atoms with van der Waals surface area (Å²) in [6.45, 7) is 2.87. The van der Waals surface area contributed by atoms with Crippen molar-refractivity contribution in [2.45, 2.75) is 6.92 Å². The van der Waals surface area contributed by atoms with Crippen LogP contribution in [0, 0.1) is 5.92 Å². The maximum atomic E-state index is 8.79. The molecule has 0 bridgehead atoms. The standard InChI is InChI=1S/C9H15N3O/c1-7(6-13)3-12-9-2-8(10)4-11-5-9/h2,4-5,7,12-13H,3,6,10H2,1H3. The van der Waals surface area contributed by atoms with Crippen molar-refractivity contribution in [1.82, 2.24) is 4.98 Å². The van der Waals surface area contributed by atoms with Gasteiger partial charge in [-0.05, 0) is 12.0 Å². The van der Waals surface area contributed by atoms with Crippen LogP contribution >= 0.6 is 0 Å². The van der Waals surface area contributed by atoms with E-state index in [0.29, 0.717) is 5.69 Å². The van der Waals surface area contributed by atoms with Gasteiger partial charge in [0.25, 0.3) is 0 Å². The van der Waals surface area contributed by atoms with Crippen LogP contribution in [0.4, 0.5) is 11.4 Å². The summed E-state index contributed by atoms with van der Waals surface area (Å²) in [5.41, 5.74) is 7.08. The van der Waals surface area contributed by atoms with Crippen LogP contribution in [0.5, 0.6) is 0 Å². The van der Waals surface area contributed by atoms with E-state index >= 15 is 0 Å². The van der Waals surface area contributed by atoms with Crippen LogP contribution in [0.2, 0.25) is 0 Å². The van der Waals surface area contributed by atoms with Gasteiger partial charge in [0, 0.05) is 19.3 Å². The summed E-state index contributed by atoms with van der Waals surface area (Å²) >= 11 is 0. The third-order valence-electron chi connectivity index (χ3n) is 1.73. The molecule has 0 radical (unpaired) electrons. The zero-order chi connectivity index (χ0) is 9.68. The second kappa shape index (κ2) is 4.67. The first-order chi connectivity index (χ1) is 6.22. The molecule has 1 aromatic heterocycles. The Balaban J connectivity index is 2.45. The Morgan fingerprint density at radius 2 is 2.38 bits per heavy atom. The summed E-state index contributed by atoms with van der Waals surface area (Å²) in [5, 5.41) is 11.9. The molecule has 1 heterocycles. The molecule has 0 fully saturated rings. The van der Waals surface area contributed by atoms with Gasteiger partial charge in [0.15, 0.2) is 0 Å². The van der Waals surface area contributed by atoms with Crippen molar-refractivity contribution in [2.75, 3.05) is 24.2 Å². The molecule has 4 heteroatoms. The summed E-state index contributed by atoms with van der Waals surface area (Å²) in [6, 6.07) is 1.82. The van der Waals surface area contributed by atoms with Crippen molar-refractivity contribution in [3.63, 3.8) is 0 Å². The number of aromatic nitrogens is 1. The number of rotatable bonds is 4. The molecular formula is C9H15N3O. The Bertz CT molecular complexity index is 265. The topological polar surface area (TPSA) is 71.2 Å². The van der Waals surface area contributed by atoms with Crippen LogP contribution in [0.15, 0.2) is 18.5 Å². The second-order valence-electron chi connectivity index (χ2n) is 3.18. The molecule has 0 amide bonds. The molecule has 0 aromatic carbocycles. The molecule has 1 aromatic rings. The number of nitrogen functional groups attached to an aromatic ring is 1. The molecule has 0 aliphatic heterocycles. The highest BCUT2D eigenvalue weighted by molar-refractivity contribution is 5.51. The van der Waals surface area contributed by atoms with Crippen LogP contribution < -0.4 is 11.1 Å². The first-order valence-corrected chi connectivity index (χ1v) is 4.27. The Kier molecular flexibility index (Phi) is 3.52. The van der Waals surface area contributed by atoms with Crippen molar-refractivity contribution in [1.29, 1.82) is 0 Å². The summed E-state index contributed by atoms with van der Waals surface area (Å²) in [5.74, 6) is 0.237. The molecule has 0 aliphatic carbocycles. The summed E-state index contributed by atoms with van der Waals surface area (Å²) < 4.78 is 0. The number of aliphatic hydroxyl groups is 1. The molecule has 0 saturated carbocycles. The minimum absolute atomic E-state index is 0.183. The first-order valence-electron chi connectivity index (χ1n) is 4.27. The molecular weight excluding hydrogens is 166 g/mol. The SMILES string of the molecule is CC(CO)CNc1cncc(N)c1. The van der Waals surface area contributed by atoms with E-state index < -0.39 is 0 Å². The average Bonchev–Trinajstić information content (AvgIpc) is 2.14. The number of nitrogens with one attached hydrogen (secondary N) is 1. The van der Waals surface area contributed by atoms with Crippen molar-refractivity contribution in [2.24, 2.45) is 5.92 Å². The number of hydrogen-bond donors (Lipinski definition) is 3. The smallest absolute Gasteiger partial charge is 0.0547 e. The van der Waals surface area contributed by atoms with E-state index in [1.54, 1.807) is 12.4 Å². The van der Waals surface area contributed by atoms with Gasteiger partial charge in [0.1, 0.15) is 0 Å². The number of nitrogens with zero attached hydrogens (tertiary/aromatic N) is 1. The maximum Gasteiger partial charge on any atom is 0.0547 e. The Morgan fingerprint density at radius 3 is 3.00 bits per heavy atom. The zero-order valence-corrected chi connectivity index (χ0v) is 7.70. The minimum atomic E-state index is 0.183. The van der Waals surface area contributed by atoms with E-state index in [4.69, 9.17) is 10.8 Å². The van der Waals surface area contributed by atoms with Gasteiger partial charge in [-0.25, -0.2) is 0 Å². The molecule has 13 heavy (non-hydrogen) atoms. The fraction of sp³-hybridized carbons (Fsp3) is 0.444. The predicted molar refractivity (Wildman–Crippen MR) is 53.4 cm³/mol. The van der Waals surface area contributed by atoms with Crippen LogP contribution in [0.1, 0.15) is 6.92 Å². The van der Waals surface area contributed by atoms with Gasteiger partial charge in [0.05, 0.1) is 17.6 Å². The van der Waals surface area contributed by atoms with Gasteiger partial charge >= 0.3 is 0 Å². The van der Waals surface area contributed by atoms with E-state index in [2.05, 4.69) is 10.3 Å². The van der Waals surface area contributed by atoms with E-state index in [1.165, 1.54) is 0 Å². The van der Waals surface area contributed by atoms with E-state index in [0.717, 1.165) is 12.2 Å². The monoisotopic (exact) mass is 181 g/mol. The van der Waals surface area contributed by atoms with Crippen molar-refractivity contribution in [3.05, 3.63) is 18.5 Å². The van der Waals surface area contributed by atoms with Crippen LogP contribution in [-0.4, -0.2) is 23.2 Å². The Hall–Kier alpha value is -1.29. The molecule has 4 N–H and O–H groups in total. The lowest BCUT2D eigenvalue weighted by molar-refractivity contribution is 0.244. The van der Waals surface area contributed by atoms with Gasteiger partial charge < -0.3 is 16.2 Å². The number of pyridine rings is 1. The average molecular weight is 181 g/mol. The molecule has 72 valence electrons. The molecule has 4 nitrogen and oxygen atoms in total. The van der Waals surface area contributed by atoms with Crippen LogP contribution in [-0.2, 0) is 0 Å². The Morgan fingerprint density at radius 1 is 1.62 bits per heavy atom. The van der Waals surface area contributed by atoms with Crippen LogP contribution in [0.3, 0.4) is 0 Å². The summed E-state index contributed by atoms with van der Waals surface area (Å²) in [6.07, 6.45) is 3.31. The third-order valence-corrected chi connectivity index (χ3v) is 1.73. The van der Waals surface area contributed by atoms with E-state index in [1.807, 2.05) is 13.0 Å². The van der Waals surface area contributed by atoms with E-state index in [9.17, 15) is 0 Å². The molecule has 1 rings (SSSR count). The molecule has 0 saturated heterocycles. The van der Waals surface area contributed by atoms with Crippen LogP contribution in [0.25, 0.3) is 0 Å². The number of anilines is 2. The van der Waals surface area contributed by atoms with Crippen molar-refractivity contribution < 1.29 is 5.11 Å². The highest BCUT2D eigenvalue weighted by Gasteiger charge is 1.99. The predicted octanol–water partition coefficient (Wildman–Crippen LogP) is 0.704. The summed E-state index contributed by atoms with van der Waals surface area (Å²) in [4.78, 5) is 3.94. The minimum Gasteiger partial charge on any atom is -0.397 e. The second-order valence-corrected chi connectivity index (χ2v) is 3.18. The van der Waals surface area contributed by atoms with Crippen molar-refractivity contribution in [3.8, 4) is 0 Å². The van der Waals surface area contributed by atoms with Gasteiger partial charge in [-0.2, -0.15) is 0 Å². The highest BCUT2D eigenvalue weighted by atomic mass is 16.3. The highest BCUT2D eigenvalue weighted by Crippen LogP contribution is 2.09. The third kappa shape index (κ3) is 3.29. The molecule has 0 spiro atoms. The van der Waals surface area contributed by atoms with Gasteiger partial charge in [-0.1, -0.05) is 6.92 Å². The van der Waals surface area contributed by atoms with Gasteiger partial charge in [-0.15, -0.1) is 0 Å². The lowest BCUT2D eigenvalue weighted by Crippen LogP contribution is -2.14. The number of hydrogen-bond acceptors (Lipinski definition) is 4. The first kappa shape index (κ1) is 9.80. The number of aliphatic hydroxyl groups excluding tert-OH is 1. The van der Waals surface area contributed by atoms with E-state index in [-0.39, 0.29) is 12.5 Å². The van der Waals surface area contributed by atoms with Crippen molar-refractivity contribution >= 4 is 11.4 Å². The quantitative estimate of drug-likeness (QED) is 0.639. The summed E-state index contributed by atoms with van der Waals surface area (Å²) in [7, 11) is 0. The molecule has 1 unspecified atom stereocenters. The normalized spacial score (nSPS) is 12.5. The maximum absolute atomic E-state index is 8.79. The largest absolute Gasteiger partial charge is 0.397 e. The lowest BCUT2D eigenvalue weighted by Gasteiger charge is -2.10. The fourth-order valence-electron chi connectivity index (χ4n) is 0.911. The Labute approximate surface area is 77.8 Å². The fourth-order valence-corrected chi connectivity index (χ4v) is 0.911. The lowest BCUT2D eigenvalue weighted by atomic mass is 10.2.